The number of hydrogen-bond acceptors (Lipinski definition) is 5. The number of carbonyl (C=O) groups excluding carboxylic acids is 2. The molecule has 4 rings (SSSR count). The summed E-state index contributed by atoms with van der Waals surface area (Å²) in [6.45, 7) is 7.62. The van der Waals surface area contributed by atoms with E-state index in [1.807, 2.05) is 24.0 Å². The molecule has 2 aliphatic heterocycles. The van der Waals surface area contributed by atoms with Crippen molar-refractivity contribution in [3.05, 3.63) is 36.0 Å². The number of hydrogen-bond donors (Lipinski definition) is 0. The molecule has 2 saturated heterocycles. The first-order chi connectivity index (χ1) is 14.1. The number of carbonyl (C=O) groups is 2. The minimum absolute atomic E-state index is 0.0943. The Morgan fingerprint density at radius 1 is 1.17 bits per heavy atom. The van der Waals surface area contributed by atoms with E-state index in [2.05, 4.69) is 29.0 Å². The van der Waals surface area contributed by atoms with Gasteiger partial charge in [0.25, 0.3) is 5.91 Å². The van der Waals surface area contributed by atoms with Crippen LogP contribution in [0.1, 0.15) is 43.5 Å². The first kappa shape index (κ1) is 19.9. The van der Waals surface area contributed by atoms with Crippen molar-refractivity contribution in [3.8, 4) is 0 Å². The van der Waals surface area contributed by atoms with Crippen LogP contribution in [0.4, 0.5) is 5.82 Å². The number of ether oxygens (including phenoxy) is 1. The van der Waals surface area contributed by atoms with Gasteiger partial charge in [0.05, 0.1) is 12.5 Å². The molecule has 4 atom stereocenters. The van der Waals surface area contributed by atoms with E-state index in [-0.39, 0.29) is 29.6 Å². The Hall–Kier alpha value is -2.37. The highest BCUT2D eigenvalue weighted by Crippen LogP contribution is 2.41. The first-order valence-electron chi connectivity index (χ1n) is 10.9. The highest BCUT2D eigenvalue weighted by molar-refractivity contribution is 5.95. The predicted molar refractivity (Wildman–Crippen MR) is 112 cm³/mol. The van der Waals surface area contributed by atoms with Gasteiger partial charge in [-0.1, -0.05) is 19.1 Å². The molecule has 1 amide bonds. The van der Waals surface area contributed by atoms with Gasteiger partial charge >= 0.3 is 5.97 Å². The molecule has 0 saturated carbocycles. The molecule has 0 radical (unpaired) electrons. The molecule has 1 aromatic heterocycles. The molecule has 0 spiro atoms. The molecule has 6 nitrogen and oxygen atoms in total. The lowest BCUT2D eigenvalue weighted by molar-refractivity contribution is -0.151. The van der Waals surface area contributed by atoms with Gasteiger partial charge in [-0.3, -0.25) is 9.59 Å². The van der Waals surface area contributed by atoms with Crippen molar-refractivity contribution in [3.63, 3.8) is 0 Å². The quantitative estimate of drug-likeness (QED) is 0.577. The fraction of sp³-hybridized carbons (Fsp3) is 0.609. The Labute approximate surface area is 172 Å². The maximum Gasteiger partial charge on any atom is 0.309 e. The van der Waals surface area contributed by atoms with Gasteiger partial charge in [0, 0.05) is 37.9 Å². The summed E-state index contributed by atoms with van der Waals surface area (Å²) in [5, 5.41) is 0. The molecule has 29 heavy (non-hydrogen) atoms. The van der Waals surface area contributed by atoms with E-state index in [1.54, 1.807) is 6.20 Å². The smallest absolute Gasteiger partial charge is 0.309 e. The third-order valence-electron chi connectivity index (χ3n) is 6.62. The van der Waals surface area contributed by atoms with Gasteiger partial charge in [-0.05, 0) is 56.1 Å². The van der Waals surface area contributed by atoms with Crippen LogP contribution in [-0.2, 0) is 9.53 Å². The SMILES string of the molecule is CCOC(=O)[C@@H]1[C@H]2CN(c3cc(C(=O)N4CCCCC4)ccn3)C[C@@H]2C=C[C@@H]1C. The second-order valence-electron chi connectivity index (χ2n) is 8.51. The average molecular weight is 398 g/mol. The van der Waals surface area contributed by atoms with Crippen LogP contribution in [0.5, 0.6) is 0 Å². The number of aromatic nitrogens is 1. The summed E-state index contributed by atoms with van der Waals surface area (Å²) < 4.78 is 5.36. The lowest BCUT2D eigenvalue weighted by Gasteiger charge is -2.31. The first-order valence-corrected chi connectivity index (χ1v) is 10.9. The molecule has 3 heterocycles. The third-order valence-corrected chi connectivity index (χ3v) is 6.62. The van der Waals surface area contributed by atoms with Crippen molar-refractivity contribution < 1.29 is 14.3 Å². The van der Waals surface area contributed by atoms with Crippen LogP contribution >= 0.6 is 0 Å². The number of rotatable bonds is 4. The lowest BCUT2D eigenvalue weighted by atomic mass is 9.72. The van der Waals surface area contributed by atoms with Crippen LogP contribution in [0.2, 0.25) is 0 Å². The van der Waals surface area contributed by atoms with Gasteiger partial charge in [0.2, 0.25) is 0 Å². The van der Waals surface area contributed by atoms with E-state index in [1.165, 1.54) is 6.42 Å². The summed E-state index contributed by atoms with van der Waals surface area (Å²) in [7, 11) is 0. The predicted octanol–water partition coefficient (Wildman–Crippen LogP) is 3.15. The molecule has 0 N–H and O–H groups in total. The number of allylic oxidation sites excluding steroid dienone is 1. The zero-order chi connectivity index (χ0) is 20.4. The van der Waals surface area contributed by atoms with Gasteiger partial charge in [-0.25, -0.2) is 4.98 Å². The summed E-state index contributed by atoms with van der Waals surface area (Å²) in [5.74, 6) is 1.42. The molecule has 1 aliphatic carbocycles. The van der Waals surface area contributed by atoms with E-state index in [4.69, 9.17) is 4.74 Å². The number of nitrogens with zero attached hydrogens (tertiary/aromatic N) is 3. The van der Waals surface area contributed by atoms with Crippen LogP contribution in [0.3, 0.4) is 0 Å². The summed E-state index contributed by atoms with van der Waals surface area (Å²) in [4.78, 5) is 34.2. The van der Waals surface area contributed by atoms with Crippen molar-refractivity contribution in [2.45, 2.75) is 33.1 Å². The van der Waals surface area contributed by atoms with Gasteiger partial charge in [0.1, 0.15) is 5.82 Å². The Balaban J connectivity index is 1.51. The van der Waals surface area contributed by atoms with Crippen LogP contribution in [-0.4, -0.2) is 54.5 Å². The zero-order valence-corrected chi connectivity index (χ0v) is 17.4. The fourth-order valence-corrected chi connectivity index (χ4v) is 5.08. The second-order valence-corrected chi connectivity index (χ2v) is 8.51. The van der Waals surface area contributed by atoms with E-state index in [0.29, 0.717) is 18.1 Å². The van der Waals surface area contributed by atoms with Crippen molar-refractivity contribution in [1.29, 1.82) is 0 Å². The summed E-state index contributed by atoms with van der Waals surface area (Å²) >= 11 is 0. The molecular weight excluding hydrogens is 366 g/mol. The van der Waals surface area contributed by atoms with Crippen LogP contribution in [0.25, 0.3) is 0 Å². The fourth-order valence-electron chi connectivity index (χ4n) is 5.08. The van der Waals surface area contributed by atoms with Crippen molar-refractivity contribution in [2.24, 2.45) is 23.7 Å². The zero-order valence-electron chi connectivity index (χ0n) is 17.4. The monoisotopic (exact) mass is 397 g/mol. The molecular formula is C23H31N3O3. The summed E-state index contributed by atoms with van der Waals surface area (Å²) in [6.07, 6.45) is 9.49. The average Bonchev–Trinajstić information content (AvgIpc) is 3.18. The molecule has 3 aliphatic rings. The highest BCUT2D eigenvalue weighted by atomic mass is 16.5. The van der Waals surface area contributed by atoms with Gasteiger partial charge in [0.15, 0.2) is 0 Å². The maximum atomic E-state index is 12.9. The topological polar surface area (TPSA) is 62.7 Å². The molecule has 156 valence electrons. The van der Waals surface area contributed by atoms with E-state index >= 15 is 0 Å². The number of anilines is 1. The van der Waals surface area contributed by atoms with Crippen molar-refractivity contribution >= 4 is 17.7 Å². The molecule has 0 bridgehead atoms. The van der Waals surface area contributed by atoms with Gasteiger partial charge in [-0.15, -0.1) is 0 Å². The number of fused-ring (bicyclic) bond motifs is 1. The molecule has 1 aromatic rings. The number of pyridine rings is 1. The summed E-state index contributed by atoms with van der Waals surface area (Å²) in [6, 6.07) is 3.73. The summed E-state index contributed by atoms with van der Waals surface area (Å²) in [5.41, 5.74) is 0.706. The van der Waals surface area contributed by atoms with Crippen LogP contribution < -0.4 is 4.90 Å². The van der Waals surface area contributed by atoms with Gasteiger partial charge < -0.3 is 14.5 Å². The Morgan fingerprint density at radius 2 is 1.97 bits per heavy atom. The maximum absolute atomic E-state index is 12.9. The number of likely N-dealkylation sites (tertiary alicyclic amines) is 1. The second kappa shape index (κ2) is 8.56. The van der Waals surface area contributed by atoms with Crippen molar-refractivity contribution in [2.75, 3.05) is 37.7 Å². The number of esters is 1. The van der Waals surface area contributed by atoms with E-state index < -0.39 is 0 Å². The normalized spacial score (nSPS) is 28.9. The molecule has 0 unspecified atom stereocenters. The number of piperidine rings is 1. The highest BCUT2D eigenvalue weighted by Gasteiger charge is 2.45. The van der Waals surface area contributed by atoms with Crippen molar-refractivity contribution in [1.82, 2.24) is 9.88 Å². The number of amides is 1. The third kappa shape index (κ3) is 4.02. The molecule has 0 aromatic carbocycles. The van der Waals surface area contributed by atoms with Crippen LogP contribution in [0, 0.1) is 23.7 Å². The standard InChI is InChI=1S/C23H31N3O3/c1-3-29-23(28)21-16(2)7-8-18-14-26(15-19(18)21)20-13-17(9-10-24-20)22(27)25-11-5-4-6-12-25/h7-10,13,16,18-19,21H,3-6,11-12,14-15H2,1-2H3/t16-,18-,19-,21-/m0/s1. The van der Waals surface area contributed by atoms with Gasteiger partial charge in [-0.2, -0.15) is 0 Å². The minimum Gasteiger partial charge on any atom is -0.466 e. The van der Waals surface area contributed by atoms with E-state index in [9.17, 15) is 9.59 Å². The molecule has 2 fully saturated rings. The molecule has 6 heteroatoms. The van der Waals surface area contributed by atoms with E-state index in [0.717, 1.165) is 44.8 Å². The Bertz CT molecular complexity index is 787. The Kier molecular flexibility index (Phi) is 5.88. The largest absolute Gasteiger partial charge is 0.466 e. The minimum atomic E-state index is -0.117. The van der Waals surface area contributed by atoms with Crippen LogP contribution in [0.15, 0.2) is 30.5 Å². The Morgan fingerprint density at radius 3 is 2.72 bits per heavy atom. The lowest BCUT2D eigenvalue weighted by Crippen LogP contribution is -2.37.